The van der Waals surface area contributed by atoms with E-state index in [0.717, 1.165) is 36.5 Å². The maximum absolute atomic E-state index is 4.79. The van der Waals surface area contributed by atoms with Crippen LogP contribution < -0.4 is 0 Å². The molecule has 2 aliphatic rings. The van der Waals surface area contributed by atoms with Crippen LogP contribution in [-0.4, -0.2) is 41.6 Å². The molecule has 0 saturated carbocycles. The first kappa shape index (κ1) is 24.1. The fourth-order valence-electron chi connectivity index (χ4n) is 3.10. The fraction of sp³-hybridized carbons (Fsp3) is 0.500. The van der Waals surface area contributed by atoms with Gasteiger partial charge in [0.05, 0.1) is 5.69 Å². The molecule has 9 heteroatoms. The Morgan fingerprint density at radius 3 is 2.59 bits per heavy atom. The molecule has 3 heterocycles. The Morgan fingerprint density at radius 1 is 1.15 bits per heavy atom. The van der Waals surface area contributed by atoms with Crippen molar-refractivity contribution in [3.63, 3.8) is 0 Å². The van der Waals surface area contributed by atoms with E-state index in [0.29, 0.717) is 6.04 Å². The number of pyridine rings is 1. The fourth-order valence-corrected chi connectivity index (χ4v) is 3.48. The molecule has 2 unspecified atom stereocenters. The number of nitrogens with zero attached hydrogens (tertiary/aromatic N) is 4. The normalized spacial score (nSPS) is 22.0. The van der Waals surface area contributed by atoms with Gasteiger partial charge in [0.2, 0.25) is 0 Å². The van der Waals surface area contributed by atoms with Crippen molar-refractivity contribution in [3.05, 3.63) is 63.6 Å². The van der Waals surface area contributed by atoms with E-state index in [1.807, 2.05) is 24.4 Å². The summed E-state index contributed by atoms with van der Waals surface area (Å²) < 4.78 is 0.891. The number of hydrogen-bond donors (Lipinski definition) is 0. The van der Waals surface area contributed by atoms with Gasteiger partial charge in [-0.25, -0.2) is 4.98 Å². The van der Waals surface area contributed by atoms with Crippen molar-refractivity contribution in [2.75, 3.05) is 19.6 Å². The van der Waals surface area contributed by atoms with Crippen LogP contribution in [0.4, 0.5) is 0 Å². The molecule has 2 atom stereocenters. The zero-order chi connectivity index (χ0) is 19.5. The van der Waals surface area contributed by atoms with E-state index in [1.54, 1.807) is 0 Å². The third-order valence-corrected chi connectivity index (χ3v) is 4.65. The predicted molar refractivity (Wildman–Crippen MR) is 125 cm³/mol. The molecule has 0 spiro atoms. The van der Waals surface area contributed by atoms with E-state index in [-0.39, 0.29) is 14.5 Å². The van der Waals surface area contributed by atoms with E-state index in [9.17, 15) is 0 Å². The second kappa shape index (κ2) is 13.9. The van der Waals surface area contributed by atoms with Crippen LogP contribution in [-0.2, 0) is 15.0 Å². The molecule has 1 saturated heterocycles. The maximum atomic E-state index is 4.79. The first-order valence-corrected chi connectivity index (χ1v) is 17.7. The van der Waals surface area contributed by atoms with Crippen LogP contribution in [0.25, 0.3) is 10.6 Å². The van der Waals surface area contributed by atoms with Gasteiger partial charge in [-0.15, -0.1) is 12.6 Å². The summed E-state index contributed by atoms with van der Waals surface area (Å²) in [5, 5.41) is 9.34. The van der Waals surface area contributed by atoms with Crippen LogP contribution in [0.1, 0.15) is 25.0 Å². The van der Waals surface area contributed by atoms with Crippen molar-refractivity contribution >= 4 is 58.3 Å². The van der Waals surface area contributed by atoms with Gasteiger partial charge in [0, 0.05) is 6.54 Å². The summed E-state index contributed by atoms with van der Waals surface area (Å²) in [6, 6.07) is 6.79. The predicted octanol–water partition coefficient (Wildman–Crippen LogP) is 6.93. The topological polar surface area (TPSA) is 44.3 Å². The Labute approximate surface area is 196 Å². The number of halogens is 4. The zero-order valence-corrected chi connectivity index (χ0v) is 22.2. The molecule has 153 valence electrons. The molecule has 0 aliphatic carbocycles. The van der Waals surface area contributed by atoms with Crippen molar-refractivity contribution in [1.29, 1.82) is 0 Å². The third-order valence-electron chi connectivity index (χ3n) is 4.21. The van der Waals surface area contributed by atoms with Crippen LogP contribution in [0.5, 0.6) is 0 Å². The second-order valence-electron chi connectivity index (χ2n) is 6.30. The molecule has 3 rings (SSSR count). The van der Waals surface area contributed by atoms with Gasteiger partial charge < -0.3 is 10.6 Å². The monoisotopic (exact) mass is 667 g/mol. The van der Waals surface area contributed by atoms with Gasteiger partial charge in [-0.05, 0) is 41.2 Å². The van der Waals surface area contributed by atoms with Gasteiger partial charge in [-0.2, -0.15) is 6.20 Å². The molecule has 1 aromatic rings. The molecule has 0 radical (unpaired) electrons. The molecule has 1 fully saturated rings. The SMILES string of the molecule is Brc1cccc(CN(CC2C=CC=C[N-]2)CC2CCCC[N-]2)n1.[Br][Fe]([Br])[Br]. The van der Waals surface area contributed by atoms with E-state index < -0.39 is 0 Å². The minimum absolute atomic E-state index is 0.232. The molecule has 2 aliphatic heterocycles. The Kier molecular flexibility index (Phi) is 12.4. The number of piperidine rings is 1. The number of rotatable bonds is 6. The third kappa shape index (κ3) is 10.9. The van der Waals surface area contributed by atoms with Gasteiger partial charge in [0.15, 0.2) is 0 Å². The van der Waals surface area contributed by atoms with Gasteiger partial charge in [-0.3, -0.25) is 4.90 Å². The summed E-state index contributed by atoms with van der Waals surface area (Å²) in [6.07, 6.45) is 11.9. The molecule has 4 nitrogen and oxygen atoms in total. The summed E-state index contributed by atoms with van der Waals surface area (Å²) in [7, 11) is -0.312. The van der Waals surface area contributed by atoms with Crippen LogP contribution in [0.3, 0.4) is 0 Å². The average Bonchev–Trinajstić information content (AvgIpc) is 2.63. The van der Waals surface area contributed by atoms with Crippen molar-refractivity contribution < 1.29 is 8.48 Å². The van der Waals surface area contributed by atoms with E-state index in [2.05, 4.69) is 91.7 Å². The molecular formula is C18H23Br4FeN4-2. The zero-order valence-electron chi connectivity index (χ0n) is 14.8. The molecule has 0 amide bonds. The first-order chi connectivity index (χ1) is 13.0. The van der Waals surface area contributed by atoms with E-state index in [1.165, 1.54) is 19.3 Å². The van der Waals surface area contributed by atoms with E-state index >= 15 is 0 Å². The van der Waals surface area contributed by atoms with Crippen molar-refractivity contribution in [3.8, 4) is 0 Å². The number of hydrogen-bond acceptors (Lipinski definition) is 2. The molecule has 0 N–H and O–H groups in total. The number of allylic oxidation sites excluding steroid dienone is 2. The summed E-state index contributed by atoms with van der Waals surface area (Å²) in [4.78, 5) is 7.03. The van der Waals surface area contributed by atoms with Crippen LogP contribution in [0.15, 0.2) is 47.2 Å². The van der Waals surface area contributed by atoms with Gasteiger partial charge in [-0.1, -0.05) is 49.6 Å². The molecule has 1 aromatic heterocycles. The Balaban J connectivity index is 0.000000596. The number of aromatic nitrogens is 1. The Morgan fingerprint density at radius 2 is 1.96 bits per heavy atom. The summed E-state index contributed by atoms with van der Waals surface area (Å²) in [5.74, 6) is 0. The van der Waals surface area contributed by atoms with Crippen LogP contribution >= 0.6 is 58.3 Å². The van der Waals surface area contributed by atoms with E-state index in [4.69, 9.17) is 5.32 Å². The average molecular weight is 671 g/mol. The van der Waals surface area contributed by atoms with Crippen LogP contribution in [0, 0.1) is 0 Å². The molecular weight excluding hydrogens is 648 g/mol. The van der Waals surface area contributed by atoms with Gasteiger partial charge in [0.25, 0.3) is 0 Å². The quantitative estimate of drug-likeness (QED) is 0.244. The molecule has 27 heavy (non-hydrogen) atoms. The minimum atomic E-state index is -0.312. The van der Waals surface area contributed by atoms with Gasteiger partial charge in [0.1, 0.15) is 4.60 Å². The Bertz CT molecular complexity index is 606. The summed E-state index contributed by atoms with van der Waals surface area (Å²) in [5.41, 5.74) is 1.09. The summed E-state index contributed by atoms with van der Waals surface area (Å²) >= 11 is 13.0. The van der Waals surface area contributed by atoms with Crippen molar-refractivity contribution in [2.24, 2.45) is 0 Å². The van der Waals surface area contributed by atoms with Crippen molar-refractivity contribution in [2.45, 2.75) is 37.9 Å². The molecule has 0 aromatic carbocycles. The second-order valence-corrected chi connectivity index (χ2v) is 23.8. The first-order valence-electron chi connectivity index (χ1n) is 8.73. The Hall–Kier alpha value is 0.789. The summed E-state index contributed by atoms with van der Waals surface area (Å²) in [6.45, 7) is 3.78. The van der Waals surface area contributed by atoms with Gasteiger partial charge >= 0.3 is 50.8 Å². The van der Waals surface area contributed by atoms with Crippen molar-refractivity contribution in [1.82, 2.24) is 9.88 Å². The standard InChI is InChI=1S/C18H23BrN4.3BrH.Fe/c19-18-9-5-8-17(22-18)14-23(12-15-6-1-3-10-20-15)13-16-7-2-4-11-21-16;;;;/h1,3,5-6,8-10,15-16H,2,4,7,11-14H2;3*1H;/q-2;;;;+3/p-3. The van der Waals surface area contributed by atoms with Crippen LogP contribution in [0.2, 0.25) is 0 Å². The molecule has 0 bridgehead atoms.